The van der Waals surface area contributed by atoms with Crippen molar-refractivity contribution in [2.24, 2.45) is 0 Å². The van der Waals surface area contributed by atoms with Gasteiger partial charge in [0, 0.05) is 18.7 Å². The lowest BCUT2D eigenvalue weighted by Gasteiger charge is -2.30. The zero-order chi connectivity index (χ0) is 23.7. The van der Waals surface area contributed by atoms with Crippen molar-refractivity contribution < 1.29 is 17.9 Å². The van der Waals surface area contributed by atoms with Gasteiger partial charge in [-0.05, 0) is 24.3 Å². The summed E-state index contributed by atoms with van der Waals surface area (Å²) in [4.78, 5) is 15.1. The number of rotatable bonds is 6. The van der Waals surface area contributed by atoms with E-state index >= 15 is 0 Å². The van der Waals surface area contributed by atoms with E-state index in [9.17, 15) is 13.2 Å². The number of nitrogens with zero attached hydrogens (tertiary/aromatic N) is 5. The van der Waals surface area contributed by atoms with Crippen LogP contribution < -0.4 is 10.2 Å². The summed E-state index contributed by atoms with van der Waals surface area (Å²) in [7, 11) is 0. The smallest absolute Gasteiger partial charge is 0.288 e. The van der Waals surface area contributed by atoms with Crippen LogP contribution in [0.5, 0.6) is 0 Å². The highest BCUT2D eigenvalue weighted by atomic mass is 35.5. The quantitative estimate of drug-likeness (QED) is 0.389. The average Bonchev–Trinajstić information content (AvgIpc) is 3.28. The van der Waals surface area contributed by atoms with E-state index < -0.39 is 12.7 Å². The number of fused-ring (bicyclic) bond motifs is 1. The molecule has 11 heteroatoms. The van der Waals surface area contributed by atoms with Crippen molar-refractivity contribution in [2.45, 2.75) is 12.7 Å². The first kappa shape index (κ1) is 22.4. The molecule has 2 aromatic carbocycles. The molecule has 5 rings (SSSR count). The first-order valence-corrected chi connectivity index (χ1v) is 11.0. The third kappa shape index (κ3) is 4.38. The Morgan fingerprint density at radius 3 is 2.62 bits per heavy atom. The summed E-state index contributed by atoms with van der Waals surface area (Å²) in [6.07, 6.45) is -3.16. The van der Waals surface area contributed by atoms with Crippen LogP contribution in [0.4, 0.5) is 30.5 Å². The van der Waals surface area contributed by atoms with Gasteiger partial charge < -0.3 is 15.0 Å². The zero-order valence-electron chi connectivity index (χ0n) is 17.8. The van der Waals surface area contributed by atoms with Crippen molar-refractivity contribution in [3.05, 3.63) is 60.0 Å². The lowest BCUT2D eigenvalue weighted by atomic mass is 10.1. The predicted octanol–water partition coefficient (Wildman–Crippen LogP) is 5.46. The van der Waals surface area contributed by atoms with Crippen LogP contribution in [0.2, 0.25) is 5.02 Å². The first-order valence-electron chi connectivity index (χ1n) is 10.6. The van der Waals surface area contributed by atoms with Gasteiger partial charge in [-0.1, -0.05) is 29.8 Å². The maximum atomic E-state index is 14.0. The fraction of sp³-hybridized carbons (Fsp3) is 0.261. The van der Waals surface area contributed by atoms with Crippen molar-refractivity contribution >= 4 is 40.0 Å². The van der Waals surface area contributed by atoms with E-state index in [1.54, 1.807) is 12.1 Å². The van der Waals surface area contributed by atoms with Gasteiger partial charge >= 0.3 is 0 Å². The molecule has 1 N–H and O–H groups in total. The number of halogens is 4. The van der Waals surface area contributed by atoms with E-state index in [4.69, 9.17) is 16.3 Å². The molecule has 1 aliphatic heterocycles. The summed E-state index contributed by atoms with van der Waals surface area (Å²) < 4.78 is 46.2. The monoisotopic (exact) mass is 488 g/mol. The molecule has 0 saturated carbocycles. The summed E-state index contributed by atoms with van der Waals surface area (Å²) in [5.74, 6) is 0.310. The standard InChI is InChI=1S/C23H20ClF3N6O/c24-15-12-28-23(30-17-3-1-2-4-18(17)32-7-9-34-10-8-32)31-20(15)14-5-6-16-19(11-14)33(13-29-16)22(27)21(25)26/h1-6,11-13,21-22H,7-10H2,(H,28,30,31). The van der Waals surface area contributed by atoms with Gasteiger partial charge in [-0.25, -0.2) is 28.1 Å². The summed E-state index contributed by atoms with van der Waals surface area (Å²) in [5.41, 5.74) is 3.32. The molecule has 0 amide bonds. The number of alkyl halides is 3. The Morgan fingerprint density at radius 1 is 1.03 bits per heavy atom. The van der Waals surface area contributed by atoms with Gasteiger partial charge in [0.05, 0.1) is 58.9 Å². The molecule has 4 aromatic rings. The Labute approximate surface area is 198 Å². The van der Waals surface area contributed by atoms with E-state index in [-0.39, 0.29) is 10.5 Å². The van der Waals surface area contributed by atoms with Gasteiger partial charge in [0.15, 0.2) is 0 Å². The van der Waals surface area contributed by atoms with Gasteiger partial charge in [-0.15, -0.1) is 0 Å². The first-order chi connectivity index (χ1) is 16.5. The average molecular weight is 489 g/mol. The van der Waals surface area contributed by atoms with Crippen molar-refractivity contribution in [2.75, 3.05) is 36.5 Å². The molecule has 1 unspecified atom stereocenters. The molecule has 0 spiro atoms. The normalized spacial score (nSPS) is 15.1. The molecule has 1 atom stereocenters. The number of hydrogen-bond acceptors (Lipinski definition) is 6. The van der Waals surface area contributed by atoms with Crippen LogP contribution >= 0.6 is 11.6 Å². The number of aromatic nitrogens is 4. The Hall–Kier alpha value is -3.37. The number of hydrogen-bond donors (Lipinski definition) is 1. The molecule has 0 aliphatic carbocycles. The highest BCUT2D eigenvalue weighted by Crippen LogP contribution is 2.33. The lowest BCUT2D eigenvalue weighted by molar-refractivity contribution is 0.0103. The van der Waals surface area contributed by atoms with Crippen molar-refractivity contribution in [1.82, 2.24) is 19.5 Å². The minimum atomic E-state index is -3.17. The number of morpholine rings is 1. The summed E-state index contributed by atoms with van der Waals surface area (Å²) in [5, 5.41) is 3.51. The molecular formula is C23H20ClF3N6O. The second-order valence-corrected chi connectivity index (χ2v) is 8.10. The molecule has 2 aromatic heterocycles. The zero-order valence-corrected chi connectivity index (χ0v) is 18.6. The summed E-state index contributed by atoms with van der Waals surface area (Å²) in [6, 6.07) is 12.7. The molecule has 3 heterocycles. The van der Waals surface area contributed by atoms with Crippen LogP contribution in [-0.2, 0) is 4.74 Å². The van der Waals surface area contributed by atoms with Crippen molar-refractivity contribution in [3.63, 3.8) is 0 Å². The number of nitrogens with one attached hydrogen (secondary N) is 1. The predicted molar refractivity (Wildman–Crippen MR) is 125 cm³/mol. The van der Waals surface area contributed by atoms with Crippen LogP contribution in [0.1, 0.15) is 6.30 Å². The van der Waals surface area contributed by atoms with Crippen LogP contribution in [-0.4, -0.2) is 52.2 Å². The van der Waals surface area contributed by atoms with Crippen LogP contribution in [0.25, 0.3) is 22.3 Å². The van der Waals surface area contributed by atoms with Crippen LogP contribution in [0.15, 0.2) is 55.0 Å². The minimum absolute atomic E-state index is 0.215. The van der Waals surface area contributed by atoms with Crippen LogP contribution in [0, 0.1) is 0 Å². The summed E-state index contributed by atoms with van der Waals surface area (Å²) in [6.45, 7) is 2.85. The largest absolute Gasteiger partial charge is 0.378 e. The number of anilines is 3. The SMILES string of the molecule is FC(F)C(F)n1cnc2ccc(-c3nc(Nc4ccccc4N4CCOCC4)ncc3Cl)cc21. The third-order valence-electron chi connectivity index (χ3n) is 5.57. The second-order valence-electron chi connectivity index (χ2n) is 7.69. The highest BCUT2D eigenvalue weighted by Gasteiger charge is 2.23. The number of para-hydroxylation sites is 2. The maximum absolute atomic E-state index is 14.0. The second kappa shape index (κ2) is 9.47. The van der Waals surface area contributed by atoms with E-state index in [0.29, 0.717) is 35.9 Å². The van der Waals surface area contributed by atoms with Gasteiger partial charge in [0.1, 0.15) is 0 Å². The Kier molecular flexibility index (Phi) is 6.25. The fourth-order valence-electron chi connectivity index (χ4n) is 3.90. The molecule has 34 heavy (non-hydrogen) atoms. The molecule has 176 valence electrons. The van der Waals surface area contributed by atoms with E-state index in [2.05, 4.69) is 25.2 Å². The Bertz CT molecular complexity index is 1310. The molecule has 1 aliphatic rings. The minimum Gasteiger partial charge on any atom is -0.378 e. The van der Waals surface area contributed by atoms with Gasteiger partial charge in [-0.2, -0.15) is 0 Å². The van der Waals surface area contributed by atoms with E-state index in [1.165, 1.54) is 12.3 Å². The van der Waals surface area contributed by atoms with Gasteiger partial charge in [0.25, 0.3) is 6.43 Å². The molecule has 1 saturated heterocycles. The number of imidazole rings is 1. The molecule has 0 bridgehead atoms. The fourth-order valence-corrected chi connectivity index (χ4v) is 4.10. The molecule has 1 fully saturated rings. The van der Waals surface area contributed by atoms with Crippen molar-refractivity contribution in [3.8, 4) is 11.3 Å². The van der Waals surface area contributed by atoms with Crippen LogP contribution in [0.3, 0.4) is 0 Å². The number of benzene rings is 2. The van der Waals surface area contributed by atoms with E-state index in [0.717, 1.165) is 35.4 Å². The van der Waals surface area contributed by atoms with Gasteiger partial charge in [-0.3, -0.25) is 4.57 Å². The Balaban J connectivity index is 1.49. The Morgan fingerprint density at radius 2 is 1.82 bits per heavy atom. The number of ether oxygens (including phenoxy) is 1. The highest BCUT2D eigenvalue weighted by molar-refractivity contribution is 6.33. The molecule has 0 radical (unpaired) electrons. The van der Waals surface area contributed by atoms with Crippen molar-refractivity contribution in [1.29, 1.82) is 0 Å². The third-order valence-corrected chi connectivity index (χ3v) is 5.84. The van der Waals surface area contributed by atoms with Gasteiger partial charge in [0.2, 0.25) is 12.2 Å². The molecule has 7 nitrogen and oxygen atoms in total. The summed E-state index contributed by atoms with van der Waals surface area (Å²) >= 11 is 6.37. The lowest BCUT2D eigenvalue weighted by Crippen LogP contribution is -2.36. The van der Waals surface area contributed by atoms with E-state index in [1.807, 2.05) is 24.3 Å². The maximum Gasteiger partial charge on any atom is 0.288 e. The topological polar surface area (TPSA) is 68.1 Å². The molecular weight excluding hydrogens is 469 g/mol.